The molecule has 1 amide bonds. The van der Waals surface area contributed by atoms with E-state index in [-0.39, 0.29) is 17.8 Å². The average Bonchev–Trinajstić information content (AvgIpc) is 3.37. The number of hydrogen-bond donors (Lipinski definition) is 2. The van der Waals surface area contributed by atoms with Gasteiger partial charge in [-0.1, -0.05) is 19.1 Å². The molecule has 1 fully saturated rings. The van der Waals surface area contributed by atoms with Crippen LogP contribution in [0.15, 0.2) is 67.1 Å². The van der Waals surface area contributed by atoms with Gasteiger partial charge in [0, 0.05) is 73.3 Å². The molecule has 9 nitrogen and oxygen atoms in total. The van der Waals surface area contributed by atoms with E-state index in [1.54, 1.807) is 38.7 Å². The number of methoxy groups -OCH3 is 2. The Bertz CT molecular complexity index is 1460. The third kappa shape index (κ3) is 6.10. The molecule has 1 saturated heterocycles. The number of ether oxygens (including phenoxy) is 2. The standard InChI is InChI=1S/C32H39N5O4/c1-4-35-17-19-36(20-18-35)28-8-5-7-25-26(28)22-37(32(25)39)27(24-10-11-29(40-2)30(21-24)41-3)9-6-14-34-31(38)23-12-15-33-16-13-23/h5,7-8,10-13,15-16,21-22,27,39H,4,6,9,14,17-20H2,1-3H3,(H,34,38)/t27-/m1/s1. The first-order valence-corrected chi connectivity index (χ1v) is 14.2. The van der Waals surface area contributed by atoms with E-state index in [4.69, 9.17) is 9.47 Å². The maximum absolute atomic E-state index is 12.6. The van der Waals surface area contributed by atoms with Crippen LogP contribution in [0.5, 0.6) is 17.4 Å². The van der Waals surface area contributed by atoms with Gasteiger partial charge >= 0.3 is 0 Å². The second kappa shape index (κ2) is 13.0. The number of carbonyl (C=O) groups excluding carboxylic acids is 1. The molecule has 2 N–H and O–H groups in total. The van der Waals surface area contributed by atoms with Crippen molar-refractivity contribution >= 4 is 22.4 Å². The van der Waals surface area contributed by atoms with Gasteiger partial charge < -0.3 is 34.3 Å². The number of hydrogen-bond acceptors (Lipinski definition) is 7. The van der Waals surface area contributed by atoms with Crippen molar-refractivity contribution in [2.24, 2.45) is 0 Å². The zero-order valence-corrected chi connectivity index (χ0v) is 24.0. The molecule has 0 bridgehead atoms. The number of pyridine rings is 1. The highest BCUT2D eigenvalue weighted by Crippen LogP contribution is 2.40. The van der Waals surface area contributed by atoms with Crippen LogP contribution in [0.3, 0.4) is 0 Å². The first-order chi connectivity index (χ1) is 20.0. The highest BCUT2D eigenvalue weighted by atomic mass is 16.5. The minimum atomic E-state index is -0.190. The van der Waals surface area contributed by atoms with Gasteiger partial charge in [0.05, 0.1) is 20.3 Å². The Labute approximate surface area is 241 Å². The monoisotopic (exact) mass is 557 g/mol. The van der Waals surface area contributed by atoms with E-state index in [9.17, 15) is 9.90 Å². The molecule has 5 rings (SSSR count). The summed E-state index contributed by atoms with van der Waals surface area (Å²) in [4.78, 5) is 21.4. The second-order valence-corrected chi connectivity index (χ2v) is 10.3. The third-order valence-corrected chi connectivity index (χ3v) is 8.01. The first-order valence-electron chi connectivity index (χ1n) is 14.2. The number of benzene rings is 2. The lowest BCUT2D eigenvalue weighted by Gasteiger charge is -2.35. The normalized spacial score (nSPS) is 14.7. The Balaban J connectivity index is 1.44. The molecular weight excluding hydrogens is 518 g/mol. The number of anilines is 1. The Morgan fingerprint density at radius 3 is 2.46 bits per heavy atom. The van der Waals surface area contributed by atoms with Crippen LogP contribution in [0.1, 0.15) is 41.7 Å². The lowest BCUT2D eigenvalue weighted by molar-refractivity contribution is 0.0952. The van der Waals surface area contributed by atoms with E-state index in [0.29, 0.717) is 36.4 Å². The van der Waals surface area contributed by atoms with Gasteiger partial charge in [-0.3, -0.25) is 9.78 Å². The van der Waals surface area contributed by atoms with E-state index in [1.807, 2.05) is 34.9 Å². The van der Waals surface area contributed by atoms with E-state index in [0.717, 1.165) is 54.7 Å². The molecule has 216 valence electrons. The molecule has 2 aromatic heterocycles. The molecule has 1 atom stereocenters. The molecular formula is C32H39N5O4. The Morgan fingerprint density at radius 1 is 1.00 bits per heavy atom. The van der Waals surface area contributed by atoms with Crippen molar-refractivity contribution in [1.29, 1.82) is 0 Å². The summed E-state index contributed by atoms with van der Waals surface area (Å²) in [5, 5.41) is 16.4. The van der Waals surface area contributed by atoms with Crippen molar-refractivity contribution in [1.82, 2.24) is 19.8 Å². The largest absolute Gasteiger partial charge is 0.494 e. The van der Waals surface area contributed by atoms with E-state index < -0.39 is 0 Å². The number of piperazine rings is 1. The molecule has 1 aliphatic heterocycles. The molecule has 3 heterocycles. The number of nitrogens with one attached hydrogen (secondary N) is 1. The zero-order chi connectivity index (χ0) is 28.8. The van der Waals surface area contributed by atoms with Crippen LogP contribution in [0, 0.1) is 0 Å². The van der Waals surface area contributed by atoms with Crippen molar-refractivity contribution < 1.29 is 19.4 Å². The predicted octanol–water partition coefficient (Wildman–Crippen LogP) is 4.70. The van der Waals surface area contributed by atoms with Gasteiger partial charge in [0.1, 0.15) is 0 Å². The van der Waals surface area contributed by atoms with Crippen LogP contribution < -0.4 is 19.7 Å². The van der Waals surface area contributed by atoms with Crippen molar-refractivity contribution in [2.75, 3.05) is 58.4 Å². The minimum Gasteiger partial charge on any atom is -0.494 e. The summed E-state index contributed by atoms with van der Waals surface area (Å²) in [6, 6.07) is 15.2. The van der Waals surface area contributed by atoms with Crippen LogP contribution in [0.4, 0.5) is 5.69 Å². The molecule has 0 aliphatic carbocycles. The van der Waals surface area contributed by atoms with Crippen LogP contribution in [0.25, 0.3) is 10.8 Å². The summed E-state index contributed by atoms with van der Waals surface area (Å²) in [5.41, 5.74) is 2.71. The number of rotatable bonds is 11. The lowest BCUT2D eigenvalue weighted by atomic mass is 10.0. The number of nitrogens with zero attached hydrogens (tertiary/aromatic N) is 4. The van der Waals surface area contributed by atoms with Crippen molar-refractivity contribution in [3.8, 4) is 17.4 Å². The molecule has 1 aliphatic rings. The number of aromatic nitrogens is 2. The molecule has 0 saturated carbocycles. The number of aromatic hydroxyl groups is 1. The molecule has 41 heavy (non-hydrogen) atoms. The molecule has 2 aromatic carbocycles. The smallest absolute Gasteiger partial charge is 0.251 e. The highest BCUT2D eigenvalue weighted by Gasteiger charge is 2.24. The number of amides is 1. The topological polar surface area (TPSA) is 92.1 Å². The van der Waals surface area contributed by atoms with Gasteiger partial charge in [-0.2, -0.15) is 0 Å². The Kier molecular flexibility index (Phi) is 8.94. The summed E-state index contributed by atoms with van der Waals surface area (Å²) < 4.78 is 13.0. The summed E-state index contributed by atoms with van der Waals surface area (Å²) in [6.45, 7) is 7.72. The maximum Gasteiger partial charge on any atom is 0.251 e. The van der Waals surface area contributed by atoms with E-state index in [2.05, 4.69) is 39.3 Å². The second-order valence-electron chi connectivity index (χ2n) is 10.3. The molecule has 0 unspecified atom stereocenters. The minimum absolute atomic E-state index is 0.127. The fourth-order valence-corrected chi connectivity index (χ4v) is 5.67. The molecule has 9 heteroatoms. The predicted molar refractivity (Wildman–Crippen MR) is 161 cm³/mol. The lowest BCUT2D eigenvalue weighted by Crippen LogP contribution is -2.46. The summed E-state index contributed by atoms with van der Waals surface area (Å²) in [5.74, 6) is 1.38. The summed E-state index contributed by atoms with van der Waals surface area (Å²) in [7, 11) is 3.24. The fraction of sp³-hybridized carbons (Fsp3) is 0.375. The van der Waals surface area contributed by atoms with Gasteiger partial charge in [-0.25, -0.2) is 0 Å². The zero-order valence-electron chi connectivity index (χ0n) is 24.0. The first kappa shape index (κ1) is 28.3. The van der Waals surface area contributed by atoms with E-state index >= 15 is 0 Å². The third-order valence-electron chi connectivity index (χ3n) is 8.01. The summed E-state index contributed by atoms with van der Waals surface area (Å²) in [6.07, 6.45) is 6.68. The number of carbonyl (C=O) groups is 1. The van der Waals surface area contributed by atoms with Gasteiger partial charge in [-0.15, -0.1) is 0 Å². The Morgan fingerprint density at radius 2 is 1.76 bits per heavy atom. The maximum atomic E-state index is 12.6. The Hall–Kier alpha value is -4.24. The SMILES string of the molecule is CCN1CCN(c2cccc3c(O)n([C@H](CCCNC(=O)c4ccncc4)c4ccc(OC)c(OC)c4)cc23)CC1. The molecule has 0 spiro atoms. The van der Waals surface area contributed by atoms with Gasteiger partial charge in [0.15, 0.2) is 17.4 Å². The molecule has 4 aromatic rings. The average molecular weight is 558 g/mol. The van der Waals surface area contributed by atoms with Gasteiger partial charge in [0.25, 0.3) is 5.91 Å². The van der Waals surface area contributed by atoms with Gasteiger partial charge in [0.2, 0.25) is 0 Å². The fourth-order valence-electron chi connectivity index (χ4n) is 5.67. The summed E-state index contributed by atoms with van der Waals surface area (Å²) >= 11 is 0. The quantitative estimate of drug-likeness (QED) is 0.258. The molecule has 0 radical (unpaired) electrons. The van der Waals surface area contributed by atoms with Gasteiger partial charge in [-0.05, 0) is 61.3 Å². The van der Waals surface area contributed by atoms with Crippen LogP contribution >= 0.6 is 0 Å². The van der Waals surface area contributed by atoms with Crippen LogP contribution in [0.2, 0.25) is 0 Å². The van der Waals surface area contributed by atoms with Crippen LogP contribution in [-0.2, 0) is 0 Å². The number of likely N-dealkylation sites (N-methyl/N-ethyl adjacent to an activating group) is 1. The van der Waals surface area contributed by atoms with Crippen molar-refractivity contribution in [3.63, 3.8) is 0 Å². The van der Waals surface area contributed by atoms with Crippen molar-refractivity contribution in [2.45, 2.75) is 25.8 Å². The van der Waals surface area contributed by atoms with Crippen molar-refractivity contribution in [3.05, 3.63) is 78.2 Å². The number of fused-ring (bicyclic) bond motifs is 1. The van der Waals surface area contributed by atoms with Crippen LogP contribution in [-0.4, -0.2) is 79.0 Å². The van der Waals surface area contributed by atoms with E-state index in [1.165, 1.54) is 0 Å². The highest BCUT2D eigenvalue weighted by molar-refractivity contribution is 5.98.